The molecule has 2 aromatic carbocycles. The third kappa shape index (κ3) is 2.82. The predicted octanol–water partition coefficient (Wildman–Crippen LogP) is 3.15. The summed E-state index contributed by atoms with van der Waals surface area (Å²) in [5.41, 5.74) is 2.41. The average molecular weight is 347 g/mol. The molecule has 1 aliphatic rings. The Morgan fingerprint density at radius 3 is 2.33 bits per heavy atom. The standard InChI is InChI=1S/C18H21NO4S/c1-13-11-15(22-2)7-9-18(13)24(20,21)19-10-4-5-14-12-16(23-3)6-8-17(14)19/h6-9,11-12H,4-5,10H2,1-3H3. The Labute approximate surface area is 142 Å². The number of sulfonamides is 1. The quantitative estimate of drug-likeness (QED) is 0.852. The summed E-state index contributed by atoms with van der Waals surface area (Å²) in [5, 5.41) is 0. The fourth-order valence-corrected chi connectivity index (χ4v) is 4.82. The molecule has 6 heteroatoms. The summed E-state index contributed by atoms with van der Waals surface area (Å²) in [6, 6.07) is 10.6. The summed E-state index contributed by atoms with van der Waals surface area (Å²) >= 11 is 0. The lowest BCUT2D eigenvalue weighted by Crippen LogP contribution is -2.35. The highest BCUT2D eigenvalue weighted by atomic mass is 32.2. The van der Waals surface area contributed by atoms with Gasteiger partial charge in [0.15, 0.2) is 0 Å². The zero-order chi connectivity index (χ0) is 17.3. The molecule has 0 saturated carbocycles. The molecule has 1 heterocycles. The number of nitrogens with zero attached hydrogens (tertiary/aromatic N) is 1. The number of rotatable bonds is 4. The van der Waals surface area contributed by atoms with Crippen molar-refractivity contribution in [3.8, 4) is 11.5 Å². The minimum Gasteiger partial charge on any atom is -0.497 e. The van der Waals surface area contributed by atoms with Crippen LogP contribution in [0.5, 0.6) is 11.5 Å². The zero-order valence-corrected chi connectivity index (χ0v) is 14.9. The number of anilines is 1. The Morgan fingerprint density at radius 1 is 1.00 bits per heavy atom. The van der Waals surface area contributed by atoms with E-state index in [4.69, 9.17) is 9.47 Å². The van der Waals surface area contributed by atoms with E-state index in [0.29, 0.717) is 22.8 Å². The van der Waals surface area contributed by atoms with Crippen LogP contribution in [0.1, 0.15) is 17.5 Å². The Kier molecular flexibility index (Phi) is 4.41. The van der Waals surface area contributed by atoms with Crippen LogP contribution >= 0.6 is 0 Å². The number of hydrogen-bond acceptors (Lipinski definition) is 4. The van der Waals surface area contributed by atoms with Crippen LogP contribution in [0.3, 0.4) is 0 Å². The van der Waals surface area contributed by atoms with Crippen molar-refractivity contribution < 1.29 is 17.9 Å². The molecule has 0 aliphatic carbocycles. The van der Waals surface area contributed by atoms with E-state index in [1.165, 1.54) is 4.31 Å². The van der Waals surface area contributed by atoms with Gasteiger partial charge in [0, 0.05) is 6.54 Å². The summed E-state index contributed by atoms with van der Waals surface area (Å²) in [6.45, 7) is 2.27. The molecule has 0 saturated heterocycles. The zero-order valence-electron chi connectivity index (χ0n) is 14.1. The molecule has 0 N–H and O–H groups in total. The Morgan fingerprint density at radius 2 is 1.67 bits per heavy atom. The lowest BCUT2D eigenvalue weighted by atomic mass is 10.0. The van der Waals surface area contributed by atoms with Crippen molar-refractivity contribution in [2.24, 2.45) is 0 Å². The van der Waals surface area contributed by atoms with E-state index in [2.05, 4.69) is 0 Å². The number of benzene rings is 2. The maximum absolute atomic E-state index is 13.2. The lowest BCUT2D eigenvalue weighted by Gasteiger charge is -2.31. The smallest absolute Gasteiger partial charge is 0.264 e. The lowest BCUT2D eigenvalue weighted by molar-refractivity contribution is 0.414. The van der Waals surface area contributed by atoms with Gasteiger partial charge >= 0.3 is 0 Å². The number of fused-ring (bicyclic) bond motifs is 1. The number of methoxy groups -OCH3 is 2. The monoisotopic (exact) mass is 347 g/mol. The normalized spacial score (nSPS) is 14.2. The molecular formula is C18H21NO4S. The first-order chi connectivity index (χ1) is 11.5. The van der Waals surface area contributed by atoms with Gasteiger partial charge in [-0.15, -0.1) is 0 Å². The van der Waals surface area contributed by atoms with E-state index >= 15 is 0 Å². The summed E-state index contributed by atoms with van der Waals surface area (Å²) in [7, 11) is -0.436. The van der Waals surface area contributed by atoms with Crippen LogP contribution in [0.4, 0.5) is 5.69 Å². The number of hydrogen-bond donors (Lipinski definition) is 0. The average Bonchev–Trinajstić information content (AvgIpc) is 2.60. The van der Waals surface area contributed by atoms with Crippen molar-refractivity contribution in [2.45, 2.75) is 24.7 Å². The largest absolute Gasteiger partial charge is 0.497 e. The van der Waals surface area contributed by atoms with E-state index in [-0.39, 0.29) is 0 Å². The summed E-state index contributed by atoms with van der Waals surface area (Å²) < 4.78 is 38.3. The molecule has 0 atom stereocenters. The molecule has 3 rings (SSSR count). The van der Waals surface area contributed by atoms with Gasteiger partial charge in [-0.05, 0) is 67.3 Å². The van der Waals surface area contributed by atoms with Gasteiger partial charge in [-0.25, -0.2) is 8.42 Å². The third-order valence-corrected chi connectivity index (χ3v) is 6.29. The fourth-order valence-electron chi connectivity index (χ4n) is 3.07. The molecule has 5 nitrogen and oxygen atoms in total. The summed E-state index contributed by atoms with van der Waals surface area (Å²) in [5.74, 6) is 1.39. The van der Waals surface area contributed by atoms with Gasteiger partial charge in [-0.2, -0.15) is 0 Å². The molecule has 1 aliphatic heterocycles. The molecule has 2 aromatic rings. The van der Waals surface area contributed by atoms with Crippen LogP contribution in [-0.2, 0) is 16.4 Å². The Hall–Kier alpha value is -2.21. The van der Waals surface area contributed by atoms with E-state index in [1.54, 1.807) is 45.4 Å². The van der Waals surface area contributed by atoms with Crippen molar-refractivity contribution in [2.75, 3.05) is 25.1 Å². The SMILES string of the molecule is COc1ccc(S(=O)(=O)N2CCCc3cc(OC)ccc32)c(C)c1. The first-order valence-electron chi connectivity index (χ1n) is 7.81. The first-order valence-corrected chi connectivity index (χ1v) is 9.25. The van der Waals surface area contributed by atoms with Gasteiger partial charge in [0.25, 0.3) is 10.0 Å². The van der Waals surface area contributed by atoms with Crippen LogP contribution < -0.4 is 13.8 Å². The van der Waals surface area contributed by atoms with Crippen molar-refractivity contribution in [3.63, 3.8) is 0 Å². The maximum Gasteiger partial charge on any atom is 0.264 e. The molecule has 0 bridgehead atoms. The minimum atomic E-state index is -3.61. The van der Waals surface area contributed by atoms with Crippen LogP contribution in [0.2, 0.25) is 0 Å². The molecule has 0 unspecified atom stereocenters. The molecule has 0 aromatic heterocycles. The summed E-state index contributed by atoms with van der Waals surface area (Å²) in [6.07, 6.45) is 1.63. The van der Waals surface area contributed by atoms with Crippen molar-refractivity contribution >= 4 is 15.7 Å². The van der Waals surface area contributed by atoms with Crippen molar-refractivity contribution in [1.82, 2.24) is 0 Å². The van der Waals surface area contributed by atoms with E-state index < -0.39 is 10.0 Å². The van der Waals surface area contributed by atoms with Gasteiger partial charge in [0.05, 0.1) is 24.8 Å². The number of aryl methyl sites for hydroxylation is 2. The topological polar surface area (TPSA) is 55.8 Å². The molecule has 0 radical (unpaired) electrons. The molecule has 0 spiro atoms. The molecule has 0 fully saturated rings. The van der Waals surface area contributed by atoms with Gasteiger partial charge in [-0.3, -0.25) is 4.31 Å². The second kappa shape index (κ2) is 6.36. The van der Waals surface area contributed by atoms with E-state index in [9.17, 15) is 8.42 Å². The minimum absolute atomic E-state index is 0.312. The van der Waals surface area contributed by atoms with Gasteiger partial charge in [0.2, 0.25) is 0 Å². The van der Waals surface area contributed by atoms with Crippen LogP contribution in [0.15, 0.2) is 41.3 Å². The predicted molar refractivity (Wildman–Crippen MR) is 93.6 cm³/mol. The molecule has 0 amide bonds. The van der Waals surface area contributed by atoms with Gasteiger partial charge in [0.1, 0.15) is 11.5 Å². The van der Waals surface area contributed by atoms with Gasteiger partial charge < -0.3 is 9.47 Å². The van der Waals surface area contributed by atoms with E-state index in [1.807, 2.05) is 12.1 Å². The highest BCUT2D eigenvalue weighted by Gasteiger charge is 2.30. The van der Waals surface area contributed by atoms with E-state index in [0.717, 1.165) is 29.8 Å². The first kappa shape index (κ1) is 16.6. The van der Waals surface area contributed by atoms with Crippen LogP contribution in [0.25, 0.3) is 0 Å². The highest BCUT2D eigenvalue weighted by Crippen LogP contribution is 2.35. The van der Waals surface area contributed by atoms with Crippen LogP contribution in [0, 0.1) is 6.92 Å². The van der Waals surface area contributed by atoms with Crippen molar-refractivity contribution in [1.29, 1.82) is 0 Å². The second-order valence-corrected chi connectivity index (χ2v) is 7.64. The molecule has 128 valence electrons. The summed E-state index contributed by atoms with van der Waals surface area (Å²) in [4.78, 5) is 0.312. The Balaban J connectivity index is 2.06. The third-order valence-electron chi connectivity index (χ3n) is 4.31. The fraction of sp³-hybridized carbons (Fsp3) is 0.333. The Bertz CT molecular complexity index is 861. The van der Waals surface area contributed by atoms with Gasteiger partial charge in [-0.1, -0.05) is 0 Å². The van der Waals surface area contributed by atoms with Crippen LogP contribution in [-0.4, -0.2) is 29.2 Å². The highest BCUT2D eigenvalue weighted by molar-refractivity contribution is 7.92. The second-order valence-electron chi connectivity index (χ2n) is 5.81. The molecule has 24 heavy (non-hydrogen) atoms. The molecular weight excluding hydrogens is 326 g/mol. The maximum atomic E-state index is 13.2. The van der Waals surface area contributed by atoms with Crippen molar-refractivity contribution in [3.05, 3.63) is 47.5 Å². The number of ether oxygens (including phenoxy) is 2.